The number of nitrogens with zero attached hydrogens (tertiary/aromatic N) is 2. The zero-order valence-electron chi connectivity index (χ0n) is 15.9. The minimum absolute atomic E-state index is 0.325. The fourth-order valence-corrected chi connectivity index (χ4v) is 3.84. The Morgan fingerprint density at radius 1 is 1.07 bits per heavy atom. The monoisotopic (exact) mass is 494 g/mol. The number of aromatic nitrogens is 1. The lowest BCUT2D eigenvalue weighted by Gasteiger charge is -2.07. The van der Waals surface area contributed by atoms with Crippen LogP contribution in [0.4, 0.5) is 5.69 Å². The van der Waals surface area contributed by atoms with Crippen LogP contribution in [0.15, 0.2) is 84.0 Å². The van der Waals surface area contributed by atoms with Crippen LogP contribution in [0.5, 0.6) is 0 Å². The van der Waals surface area contributed by atoms with E-state index in [2.05, 4.69) is 50.5 Å². The summed E-state index contributed by atoms with van der Waals surface area (Å²) >= 11 is 2.30. The Hall–Kier alpha value is -2.93. The van der Waals surface area contributed by atoms with Crippen LogP contribution in [-0.2, 0) is 11.3 Å². The first-order valence-electron chi connectivity index (χ1n) is 9.19. The molecule has 29 heavy (non-hydrogen) atoms. The highest BCUT2D eigenvalue weighted by Gasteiger charge is 2.10. The van der Waals surface area contributed by atoms with Gasteiger partial charge < -0.3 is 9.30 Å². The Kier molecular flexibility index (Phi) is 5.76. The van der Waals surface area contributed by atoms with E-state index in [0.717, 1.165) is 31.3 Å². The van der Waals surface area contributed by atoms with Crippen molar-refractivity contribution in [3.8, 4) is 0 Å². The molecule has 144 valence electrons. The van der Waals surface area contributed by atoms with Gasteiger partial charge in [0.15, 0.2) is 0 Å². The normalized spacial score (nSPS) is 11.2. The van der Waals surface area contributed by atoms with E-state index in [4.69, 9.17) is 4.74 Å². The Labute approximate surface area is 183 Å². The van der Waals surface area contributed by atoms with Crippen LogP contribution in [0, 0.1) is 3.57 Å². The highest BCUT2D eigenvalue weighted by atomic mass is 127. The Bertz CT molecular complexity index is 1210. The summed E-state index contributed by atoms with van der Waals surface area (Å²) in [5.74, 6) is -0.325. The van der Waals surface area contributed by atoms with Crippen LogP contribution in [0.2, 0.25) is 0 Å². The number of halogens is 1. The third-order valence-corrected chi connectivity index (χ3v) is 5.63. The molecule has 0 aliphatic heterocycles. The predicted molar refractivity (Wildman–Crippen MR) is 125 cm³/mol. The van der Waals surface area contributed by atoms with Crippen LogP contribution in [0.25, 0.3) is 10.9 Å². The molecule has 1 heterocycles. The Balaban J connectivity index is 1.70. The first-order valence-corrected chi connectivity index (χ1v) is 10.3. The molecule has 0 atom stereocenters. The molecular formula is C24H19IN2O2. The van der Waals surface area contributed by atoms with Crippen LogP contribution >= 0.6 is 22.6 Å². The van der Waals surface area contributed by atoms with Gasteiger partial charge >= 0.3 is 5.97 Å². The molecular weight excluding hydrogens is 475 g/mol. The van der Waals surface area contributed by atoms with Gasteiger partial charge in [0.05, 0.1) is 18.4 Å². The summed E-state index contributed by atoms with van der Waals surface area (Å²) in [4.78, 5) is 16.5. The van der Waals surface area contributed by atoms with Crippen molar-refractivity contribution in [2.24, 2.45) is 4.99 Å². The molecule has 0 unspecified atom stereocenters. The molecule has 1 aromatic heterocycles. The summed E-state index contributed by atoms with van der Waals surface area (Å²) in [6.07, 6.45) is 4.02. The van der Waals surface area contributed by atoms with Crippen molar-refractivity contribution in [2.75, 3.05) is 7.11 Å². The SMILES string of the molecule is COC(=O)c1cccc(Cn2cc(C=Nc3ccccc3I)c3ccccc32)c1. The largest absolute Gasteiger partial charge is 0.465 e. The van der Waals surface area contributed by atoms with Crippen molar-refractivity contribution in [2.45, 2.75) is 6.54 Å². The van der Waals surface area contributed by atoms with Crippen molar-refractivity contribution < 1.29 is 9.53 Å². The van der Waals surface area contributed by atoms with E-state index in [1.165, 1.54) is 7.11 Å². The first kappa shape index (κ1) is 19.4. The van der Waals surface area contributed by atoms with Crippen molar-refractivity contribution in [1.29, 1.82) is 0 Å². The summed E-state index contributed by atoms with van der Waals surface area (Å²) in [6, 6.07) is 23.9. The van der Waals surface area contributed by atoms with Gasteiger partial charge in [-0.05, 0) is 58.5 Å². The fraction of sp³-hybridized carbons (Fsp3) is 0.0833. The third kappa shape index (κ3) is 4.24. The molecule has 0 fully saturated rings. The third-order valence-electron chi connectivity index (χ3n) is 4.72. The molecule has 0 aliphatic rings. The van der Waals surface area contributed by atoms with E-state index in [9.17, 15) is 4.79 Å². The average Bonchev–Trinajstić information content (AvgIpc) is 3.10. The minimum atomic E-state index is -0.325. The van der Waals surface area contributed by atoms with Gasteiger partial charge in [-0.3, -0.25) is 4.99 Å². The zero-order valence-corrected chi connectivity index (χ0v) is 18.0. The van der Waals surface area contributed by atoms with Crippen molar-refractivity contribution in [1.82, 2.24) is 4.57 Å². The van der Waals surface area contributed by atoms with E-state index in [-0.39, 0.29) is 5.97 Å². The molecule has 0 saturated heterocycles. The number of ether oxygens (including phenoxy) is 1. The quantitative estimate of drug-likeness (QED) is 0.199. The number of benzene rings is 3. The van der Waals surface area contributed by atoms with Crippen molar-refractivity contribution >= 4 is 51.4 Å². The number of esters is 1. The van der Waals surface area contributed by atoms with Gasteiger partial charge in [-0.25, -0.2) is 4.79 Å². The number of hydrogen-bond acceptors (Lipinski definition) is 3. The van der Waals surface area contributed by atoms with E-state index < -0.39 is 0 Å². The molecule has 0 amide bonds. The van der Waals surface area contributed by atoms with Crippen molar-refractivity contribution in [3.05, 3.63) is 99.3 Å². The number of carbonyl (C=O) groups is 1. The molecule has 0 saturated carbocycles. The van der Waals surface area contributed by atoms with Crippen LogP contribution in [-0.4, -0.2) is 23.9 Å². The fourth-order valence-electron chi connectivity index (χ4n) is 3.32. The highest BCUT2D eigenvalue weighted by molar-refractivity contribution is 14.1. The van der Waals surface area contributed by atoms with Gasteiger partial charge in [-0.2, -0.15) is 0 Å². The maximum absolute atomic E-state index is 11.8. The standard InChI is InChI=1S/C24H19IN2O2/c1-29-24(28)18-8-6-7-17(13-18)15-27-16-19(20-9-2-5-12-23(20)27)14-26-22-11-4-3-10-21(22)25/h2-14,16H,15H2,1H3. The maximum atomic E-state index is 11.8. The predicted octanol–water partition coefficient (Wildman–Crippen LogP) is 5.83. The molecule has 0 N–H and O–H groups in total. The van der Waals surface area contributed by atoms with Gasteiger partial charge in [0.2, 0.25) is 0 Å². The topological polar surface area (TPSA) is 43.6 Å². The van der Waals surface area contributed by atoms with Gasteiger partial charge in [-0.1, -0.05) is 42.5 Å². The number of para-hydroxylation sites is 2. The number of methoxy groups -OCH3 is 1. The number of carbonyl (C=O) groups excluding carboxylic acids is 1. The second kappa shape index (κ2) is 8.61. The molecule has 4 nitrogen and oxygen atoms in total. The summed E-state index contributed by atoms with van der Waals surface area (Å²) in [5.41, 5.74) is 4.73. The van der Waals surface area contributed by atoms with Crippen LogP contribution < -0.4 is 0 Å². The Morgan fingerprint density at radius 2 is 1.86 bits per heavy atom. The lowest BCUT2D eigenvalue weighted by atomic mass is 10.1. The molecule has 4 rings (SSSR count). The molecule has 0 spiro atoms. The molecule has 3 aromatic carbocycles. The average molecular weight is 494 g/mol. The Morgan fingerprint density at radius 3 is 2.69 bits per heavy atom. The lowest BCUT2D eigenvalue weighted by molar-refractivity contribution is 0.0600. The van der Waals surface area contributed by atoms with Gasteiger partial charge in [-0.15, -0.1) is 0 Å². The number of aliphatic imine (C=N–C) groups is 1. The lowest BCUT2D eigenvalue weighted by Crippen LogP contribution is -2.03. The summed E-state index contributed by atoms with van der Waals surface area (Å²) in [5, 5.41) is 1.14. The molecule has 0 radical (unpaired) electrons. The van der Waals surface area contributed by atoms with Gasteiger partial charge in [0.25, 0.3) is 0 Å². The van der Waals surface area contributed by atoms with Crippen LogP contribution in [0.3, 0.4) is 0 Å². The number of hydrogen-bond donors (Lipinski definition) is 0. The zero-order chi connectivity index (χ0) is 20.2. The highest BCUT2D eigenvalue weighted by Crippen LogP contribution is 2.24. The van der Waals surface area contributed by atoms with Crippen molar-refractivity contribution in [3.63, 3.8) is 0 Å². The molecule has 5 heteroatoms. The van der Waals surface area contributed by atoms with E-state index in [0.29, 0.717) is 12.1 Å². The van der Waals surface area contributed by atoms with E-state index in [1.807, 2.05) is 60.8 Å². The molecule has 4 aromatic rings. The maximum Gasteiger partial charge on any atom is 0.337 e. The molecule has 0 aliphatic carbocycles. The molecule has 0 bridgehead atoms. The van der Waals surface area contributed by atoms with Crippen LogP contribution in [0.1, 0.15) is 21.5 Å². The van der Waals surface area contributed by atoms with E-state index >= 15 is 0 Å². The smallest absolute Gasteiger partial charge is 0.337 e. The first-order chi connectivity index (χ1) is 14.2. The van der Waals surface area contributed by atoms with E-state index in [1.54, 1.807) is 6.07 Å². The number of rotatable bonds is 5. The summed E-state index contributed by atoms with van der Waals surface area (Å²) < 4.78 is 8.13. The number of fused-ring (bicyclic) bond motifs is 1. The second-order valence-corrected chi connectivity index (χ2v) is 7.79. The summed E-state index contributed by atoms with van der Waals surface area (Å²) in [7, 11) is 1.40. The minimum Gasteiger partial charge on any atom is -0.465 e. The second-order valence-electron chi connectivity index (χ2n) is 6.63. The van der Waals surface area contributed by atoms with Gasteiger partial charge in [0.1, 0.15) is 0 Å². The summed E-state index contributed by atoms with van der Waals surface area (Å²) in [6.45, 7) is 0.655. The van der Waals surface area contributed by atoms with Gasteiger partial charge in [0, 0.05) is 39.0 Å².